The number of aliphatic carboxylic acids is 6. The van der Waals surface area contributed by atoms with Crippen LogP contribution in [0.3, 0.4) is 0 Å². The molecule has 0 amide bonds. The van der Waals surface area contributed by atoms with Gasteiger partial charge in [-0.3, -0.25) is 28.8 Å². The second-order valence-electron chi connectivity index (χ2n) is 7.12. The Morgan fingerprint density at radius 3 is 1.09 bits per heavy atom. The minimum absolute atomic E-state index is 0.0231. The standard InChI is InChI=1S/C6H13NO2.C5H9NO4.C4H7NO4.C3H7NO2/c1-4(2)3-5(7)6(8)9;6-3(5(9)10)1-2-4(7)8;5-2(4(8)9)1-3(6)7;1-2(4)3(5)6/h4-5H,3,7H2,1-2H3,(H,8,9);3H,1-2,6H2,(H,7,8)(H,9,10);2H,1,5H2,(H,6,7)(H,8,9);2H,4H2,1H3,(H,5,6)/t5-;3-;2*2-/m0000/s1. The monoisotopic (exact) mass is 500 g/mol. The van der Waals surface area contributed by atoms with Crippen LogP contribution in [-0.4, -0.2) is 90.6 Å². The second-order valence-corrected chi connectivity index (χ2v) is 7.12. The molecule has 0 saturated carbocycles. The number of nitrogens with two attached hydrogens (primary N) is 4. The average Bonchev–Trinajstić information content (AvgIpc) is 2.66. The highest BCUT2D eigenvalue weighted by Gasteiger charge is 2.14. The van der Waals surface area contributed by atoms with Gasteiger partial charge in [0.2, 0.25) is 0 Å². The van der Waals surface area contributed by atoms with Crippen molar-refractivity contribution in [1.29, 1.82) is 0 Å². The second kappa shape index (κ2) is 21.5. The van der Waals surface area contributed by atoms with Crippen LogP contribution in [0.1, 0.15) is 46.5 Å². The fraction of sp³-hybridized carbons (Fsp3) is 0.667. The molecule has 16 heteroatoms. The summed E-state index contributed by atoms with van der Waals surface area (Å²) in [5, 5.41) is 48.5. The Labute approximate surface area is 195 Å². The minimum atomic E-state index is -1.29. The summed E-state index contributed by atoms with van der Waals surface area (Å²) in [6, 6.07) is -3.77. The molecule has 0 radical (unpaired) electrons. The average molecular weight is 501 g/mol. The Morgan fingerprint density at radius 1 is 0.588 bits per heavy atom. The zero-order valence-corrected chi connectivity index (χ0v) is 19.2. The smallest absolute Gasteiger partial charge is 0.321 e. The van der Waals surface area contributed by atoms with E-state index in [1.54, 1.807) is 0 Å². The topological polar surface area (TPSA) is 328 Å². The van der Waals surface area contributed by atoms with E-state index in [-0.39, 0.29) is 12.8 Å². The van der Waals surface area contributed by atoms with Crippen molar-refractivity contribution in [2.75, 3.05) is 0 Å². The first-order valence-corrected chi connectivity index (χ1v) is 9.63. The third-order valence-corrected chi connectivity index (χ3v) is 3.13. The summed E-state index contributed by atoms with van der Waals surface area (Å²) in [7, 11) is 0. The van der Waals surface area contributed by atoms with Gasteiger partial charge in [0.15, 0.2) is 0 Å². The van der Waals surface area contributed by atoms with Crippen molar-refractivity contribution in [3.05, 3.63) is 0 Å². The van der Waals surface area contributed by atoms with E-state index in [1.165, 1.54) is 6.92 Å². The van der Waals surface area contributed by atoms with Crippen molar-refractivity contribution in [3.8, 4) is 0 Å². The van der Waals surface area contributed by atoms with E-state index in [2.05, 4.69) is 0 Å². The molecule has 16 nitrogen and oxygen atoms in total. The van der Waals surface area contributed by atoms with Crippen LogP contribution in [0, 0.1) is 5.92 Å². The Kier molecular flexibility index (Phi) is 24.0. The van der Waals surface area contributed by atoms with Crippen LogP contribution in [0.2, 0.25) is 0 Å². The maximum Gasteiger partial charge on any atom is 0.321 e. The lowest BCUT2D eigenvalue weighted by Crippen LogP contribution is -2.32. The van der Waals surface area contributed by atoms with Gasteiger partial charge in [0.1, 0.15) is 24.2 Å². The third kappa shape index (κ3) is 33.3. The number of hydrogen-bond donors (Lipinski definition) is 10. The molecule has 0 rings (SSSR count). The molecule has 200 valence electrons. The highest BCUT2D eigenvalue weighted by atomic mass is 16.4. The highest BCUT2D eigenvalue weighted by Crippen LogP contribution is 2.01. The molecule has 0 aromatic rings. The van der Waals surface area contributed by atoms with Gasteiger partial charge in [-0.1, -0.05) is 13.8 Å². The summed E-state index contributed by atoms with van der Waals surface area (Å²) < 4.78 is 0. The van der Waals surface area contributed by atoms with E-state index in [0.717, 1.165) is 0 Å². The maximum atomic E-state index is 10.1. The van der Waals surface area contributed by atoms with Gasteiger partial charge >= 0.3 is 35.8 Å². The summed E-state index contributed by atoms with van der Waals surface area (Å²) in [6.45, 7) is 5.31. The van der Waals surface area contributed by atoms with Gasteiger partial charge in [0.05, 0.1) is 6.42 Å². The molecule has 0 aliphatic heterocycles. The first-order chi connectivity index (χ1) is 15.3. The van der Waals surface area contributed by atoms with E-state index >= 15 is 0 Å². The number of hydrogen-bond acceptors (Lipinski definition) is 10. The molecule has 0 aromatic carbocycles. The summed E-state index contributed by atoms with van der Waals surface area (Å²) in [5.41, 5.74) is 19.9. The van der Waals surface area contributed by atoms with Crippen LogP contribution in [0.25, 0.3) is 0 Å². The Hall–Kier alpha value is -3.34. The zero-order chi connectivity index (χ0) is 28.2. The molecule has 0 bridgehead atoms. The summed E-state index contributed by atoms with van der Waals surface area (Å²) in [5.74, 6) is -6.21. The summed E-state index contributed by atoms with van der Waals surface area (Å²) in [4.78, 5) is 59.2. The van der Waals surface area contributed by atoms with Crippen LogP contribution in [-0.2, 0) is 28.8 Å². The first kappa shape index (κ1) is 37.9. The number of carboxylic acids is 6. The van der Waals surface area contributed by atoms with Crippen LogP contribution in [0.4, 0.5) is 0 Å². The molecule has 14 N–H and O–H groups in total. The van der Waals surface area contributed by atoms with Crippen LogP contribution >= 0.6 is 0 Å². The van der Waals surface area contributed by atoms with Gasteiger partial charge in [-0.05, 0) is 25.7 Å². The molecule has 0 aliphatic carbocycles. The van der Waals surface area contributed by atoms with Crippen molar-refractivity contribution >= 4 is 35.8 Å². The van der Waals surface area contributed by atoms with Crippen molar-refractivity contribution in [2.45, 2.75) is 70.6 Å². The number of carboxylic acid groups (broad SMARTS) is 6. The molecule has 0 spiro atoms. The normalized spacial score (nSPS) is 13.1. The first-order valence-electron chi connectivity index (χ1n) is 9.63. The van der Waals surface area contributed by atoms with Gasteiger partial charge in [-0.15, -0.1) is 0 Å². The zero-order valence-electron chi connectivity index (χ0n) is 19.2. The molecule has 0 aromatic heterocycles. The molecular formula is C18H36N4O12. The quantitative estimate of drug-likeness (QED) is 0.146. The summed E-state index contributed by atoms with van der Waals surface area (Å²) in [6.07, 6.45) is -0.206. The fourth-order valence-electron chi connectivity index (χ4n) is 1.29. The predicted octanol–water partition coefficient (Wildman–Crippen LogP) is -2.00. The molecule has 0 unspecified atom stereocenters. The van der Waals surface area contributed by atoms with Crippen molar-refractivity contribution in [2.24, 2.45) is 28.9 Å². The molecule has 4 atom stereocenters. The van der Waals surface area contributed by atoms with E-state index in [9.17, 15) is 28.8 Å². The largest absolute Gasteiger partial charge is 0.481 e. The minimum Gasteiger partial charge on any atom is -0.481 e. The Morgan fingerprint density at radius 2 is 0.941 bits per heavy atom. The lowest BCUT2D eigenvalue weighted by atomic mass is 10.1. The fourth-order valence-corrected chi connectivity index (χ4v) is 1.29. The Balaban J connectivity index is -0.000000179. The van der Waals surface area contributed by atoms with Gasteiger partial charge < -0.3 is 53.6 Å². The van der Waals surface area contributed by atoms with E-state index in [0.29, 0.717) is 12.3 Å². The van der Waals surface area contributed by atoms with Gasteiger partial charge in [0, 0.05) is 6.42 Å². The molecule has 0 saturated heterocycles. The lowest BCUT2D eigenvalue weighted by molar-refractivity contribution is -0.144. The van der Waals surface area contributed by atoms with E-state index in [1.807, 2.05) is 13.8 Å². The van der Waals surface area contributed by atoms with Crippen LogP contribution < -0.4 is 22.9 Å². The van der Waals surface area contributed by atoms with Crippen molar-refractivity contribution in [1.82, 2.24) is 0 Å². The number of carbonyl (C=O) groups is 6. The van der Waals surface area contributed by atoms with Crippen LogP contribution in [0.5, 0.6) is 0 Å². The summed E-state index contributed by atoms with van der Waals surface area (Å²) >= 11 is 0. The molecular weight excluding hydrogens is 464 g/mol. The maximum absolute atomic E-state index is 10.1. The van der Waals surface area contributed by atoms with E-state index < -0.39 is 66.4 Å². The van der Waals surface area contributed by atoms with Crippen LogP contribution in [0.15, 0.2) is 0 Å². The number of rotatable bonds is 11. The van der Waals surface area contributed by atoms with Gasteiger partial charge in [-0.25, -0.2) is 0 Å². The van der Waals surface area contributed by atoms with Gasteiger partial charge in [0.25, 0.3) is 0 Å². The molecule has 0 fully saturated rings. The highest BCUT2D eigenvalue weighted by molar-refractivity contribution is 5.80. The molecule has 0 heterocycles. The lowest BCUT2D eigenvalue weighted by Gasteiger charge is -2.07. The van der Waals surface area contributed by atoms with Gasteiger partial charge in [-0.2, -0.15) is 0 Å². The predicted molar refractivity (Wildman–Crippen MR) is 117 cm³/mol. The molecule has 34 heavy (non-hydrogen) atoms. The Bertz CT molecular complexity index is 655. The van der Waals surface area contributed by atoms with E-state index in [4.69, 9.17) is 53.6 Å². The third-order valence-electron chi connectivity index (χ3n) is 3.13. The molecule has 0 aliphatic rings. The van der Waals surface area contributed by atoms with Crippen molar-refractivity contribution in [3.63, 3.8) is 0 Å². The SMILES string of the molecule is CC(C)C[C@H](N)C(=O)O.C[C@H](N)C(=O)O.N[C@@H](CC(=O)O)C(=O)O.N[C@@H](CCC(=O)O)C(=O)O. The van der Waals surface area contributed by atoms with Crippen molar-refractivity contribution < 1.29 is 59.4 Å².